The molecule has 1 fully saturated rings. The summed E-state index contributed by atoms with van der Waals surface area (Å²) in [6.07, 6.45) is -2.87. The van der Waals surface area contributed by atoms with Gasteiger partial charge in [0.1, 0.15) is 11.9 Å². The van der Waals surface area contributed by atoms with Gasteiger partial charge in [-0.15, -0.1) is 0 Å². The molecule has 1 N–H and O–H groups in total. The fourth-order valence-electron chi connectivity index (χ4n) is 2.20. The van der Waals surface area contributed by atoms with Crippen LogP contribution in [0.4, 0.5) is 19.0 Å². The number of anilines is 1. The molecule has 1 aromatic rings. The van der Waals surface area contributed by atoms with Gasteiger partial charge in [-0.2, -0.15) is 13.2 Å². The molecule has 1 saturated heterocycles. The van der Waals surface area contributed by atoms with Gasteiger partial charge in [0.05, 0.1) is 0 Å². The number of aromatic nitrogens is 1. The summed E-state index contributed by atoms with van der Waals surface area (Å²) in [5, 5.41) is 2.44. The zero-order valence-electron chi connectivity index (χ0n) is 11.3. The van der Waals surface area contributed by atoms with E-state index >= 15 is 0 Å². The van der Waals surface area contributed by atoms with Gasteiger partial charge in [0.25, 0.3) is 0 Å². The summed E-state index contributed by atoms with van der Waals surface area (Å²) in [4.78, 5) is 27.8. The molecule has 21 heavy (non-hydrogen) atoms. The highest BCUT2D eigenvalue weighted by Gasteiger charge is 2.47. The molecule has 1 unspecified atom stereocenters. The predicted octanol–water partition coefficient (Wildman–Crippen LogP) is 1.88. The second-order valence-electron chi connectivity index (χ2n) is 4.86. The first-order chi connectivity index (χ1) is 9.79. The quantitative estimate of drug-likeness (QED) is 0.907. The Morgan fingerprint density at radius 3 is 2.67 bits per heavy atom. The maximum Gasteiger partial charge on any atom is 0.471 e. The predicted molar refractivity (Wildman–Crippen MR) is 68.4 cm³/mol. The van der Waals surface area contributed by atoms with E-state index in [1.165, 1.54) is 6.20 Å². The van der Waals surface area contributed by atoms with Gasteiger partial charge in [-0.05, 0) is 31.4 Å². The number of alkyl halides is 3. The van der Waals surface area contributed by atoms with E-state index in [1.54, 1.807) is 12.1 Å². The van der Waals surface area contributed by atoms with Gasteiger partial charge in [-0.1, -0.05) is 6.07 Å². The smallest absolute Gasteiger partial charge is 0.323 e. The second-order valence-corrected chi connectivity index (χ2v) is 4.86. The maximum absolute atomic E-state index is 12.5. The number of aryl methyl sites for hydroxylation is 1. The first-order valence-electron chi connectivity index (χ1n) is 6.40. The lowest BCUT2D eigenvalue weighted by molar-refractivity contribution is -0.186. The van der Waals surface area contributed by atoms with Crippen molar-refractivity contribution < 1.29 is 22.8 Å². The van der Waals surface area contributed by atoms with Crippen molar-refractivity contribution in [1.29, 1.82) is 0 Å². The van der Waals surface area contributed by atoms with Crippen LogP contribution < -0.4 is 5.32 Å². The molecule has 1 aliphatic rings. The number of carbonyl (C=O) groups is 2. The molecule has 2 amide bonds. The molecule has 0 aliphatic carbocycles. The van der Waals surface area contributed by atoms with Crippen LogP contribution in [-0.2, 0) is 9.59 Å². The standard InChI is InChI=1S/C13H14F3N3O2/c1-8-4-5-10(17-7-8)18-11(20)9-3-2-6-19(9)12(21)13(14,15)16/h4-5,7,9H,2-3,6H2,1H3,(H,17,18,20). The molecule has 0 bridgehead atoms. The molecular formula is C13H14F3N3O2. The zero-order valence-corrected chi connectivity index (χ0v) is 11.3. The van der Waals surface area contributed by atoms with Crippen LogP contribution in [0.25, 0.3) is 0 Å². The maximum atomic E-state index is 12.5. The summed E-state index contributed by atoms with van der Waals surface area (Å²) in [5.74, 6) is -2.38. The molecule has 5 nitrogen and oxygen atoms in total. The fraction of sp³-hybridized carbons (Fsp3) is 0.462. The summed E-state index contributed by atoms with van der Waals surface area (Å²) in [6.45, 7) is 1.75. The molecule has 0 spiro atoms. The molecule has 0 radical (unpaired) electrons. The van der Waals surface area contributed by atoms with Gasteiger partial charge < -0.3 is 10.2 Å². The van der Waals surface area contributed by atoms with Crippen molar-refractivity contribution in [3.05, 3.63) is 23.9 Å². The minimum absolute atomic E-state index is 0.0717. The van der Waals surface area contributed by atoms with Gasteiger partial charge in [-0.25, -0.2) is 4.98 Å². The Hall–Kier alpha value is -2.12. The zero-order chi connectivity index (χ0) is 15.6. The van der Waals surface area contributed by atoms with Crippen molar-refractivity contribution in [3.8, 4) is 0 Å². The van der Waals surface area contributed by atoms with Crippen LogP contribution in [0, 0.1) is 6.92 Å². The first kappa shape index (κ1) is 15.3. The van der Waals surface area contributed by atoms with Gasteiger partial charge in [-0.3, -0.25) is 9.59 Å². The number of nitrogens with one attached hydrogen (secondary N) is 1. The van der Waals surface area contributed by atoms with Crippen LogP contribution in [0.2, 0.25) is 0 Å². The largest absolute Gasteiger partial charge is 0.471 e. The van der Waals surface area contributed by atoms with E-state index in [9.17, 15) is 22.8 Å². The summed E-state index contributed by atoms with van der Waals surface area (Å²) in [7, 11) is 0. The number of carbonyl (C=O) groups excluding carboxylic acids is 2. The van der Waals surface area contributed by atoms with E-state index in [0.29, 0.717) is 11.3 Å². The fourth-order valence-corrected chi connectivity index (χ4v) is 2.20. The Bertz CT molecular complexity index is 543. The molecule has 2 heterocycles. The third-order valence-electron chi connectivity index (χ3n) is 3.22. The summed E-state index contributed by atoms with van der Waals surface area (Å²) in [6, 6.07) is 2.16. The number of pyridine rings is 1. The van der Waals surface area contributed by atoms with Crippen LogP contribution in [0.15, 0.2) is 18.3 Å². The van der Waals surface area contributed by atoms with Crippen LogP contribution in [-0.4, -0.2) is 40.5 Å². The molecule has 1 aliphatic heterocycles. The number of hydrogen-bond acceptors (Lipinski definition) is 3. The minimum Gasteiger partial charge on any atom is -0.323 e. The van der Waals surface area contributed by atoms with Crippen LogP contribution in [0.3, 0.4) is 0 Å². The van der Waals surface area contributed by atoms with Crippen LogP contribution in [0.5, 0.6) is 0 Å². The third kappa shape index (κ3) is 3.50. The van der Waals surface area contributed by atoms with Crippen molar-refractivity contribution >= 4 is 17.6 Å². The average molecular weight is 301 g/mol. The van der Waals surface area contributed by atoms with Crippen molar-refractivity contribution in [3.63, 3.8) is 0 Å². The van der Waals surface area contributed by atoms with Gasteiger partial charge in [0.15, 0.2) is 0 Å². The normalized spacial score (nSPS) is 18.7. The number of amides is 2. The van der Waals surface area contributed by atoms with E-state index < -0.39 is 24.0 Å². The second kappa shape index (κ2) is 5.71. The lowest BCUT2D eigenvalue weighted by atomic mass is 10.2. The molecule has 0 saturated carbocycles. The van der Waals surface area contributed by atoms with E-state index in [-0.39, 0.29) is 18.8 Å². The summed E-state index contributed by atoms with van der Waals surface area (Å²) >= 11 is 0. The number of hydrogen-bond donors (Lipinski definition) is 1. The molecule has 1 atom stereocenters. The molecular weight excluding hydrogens is 287 g/mol. The lowest BCUT2D eigenvalue weighted by Crippen LogP contribution is -2.48. The SMILES string of the molecule is Cc1ccc(NC(=O)C2CCCN2C(=O)C(F)(F)F)nc1. The first-order valence-corrected chi connectivity index (χ1v) is 6.40. The molecule has 114 valence electrons. The van der Waals surface area contributed by atoms with E-state index in [1.807, 2.05) is 6.92 Å². The summed E-state index contributed by atoms with van der Waals surface area (Å²) < 4.78 is 37.4. The topological polar surface area (TPSA) is 62.3 Å². The van der Waals surface area contributed by atoms with E-state index in [0.717, 1.165) is 5.56 Å². The Balaban J connectivity index is 2.07. The molecule has 0 aromatic carbocycles. The minimum atomic E-state index is -4.97. The Kier molecular flexibility index (Phi) is 4.15. The number of rotatable bonds is 2. The summed E-state index contributed by atoms with van der Waals surface area (Å²) in [5.41, 5.74) is 0.891. The van der Waals surface area contributed by atoms with Crippen molar-refractivity contribution in [1.82, 2.24) is 9.88 Å². The number of likely N-dealkylation sites (tertiary alicyclic amines) is 1. The number of halogens is 3. The monoisotopic (exact) mass is 301 g/mol. The van der Waals surface area contributed by atoms with E-state index in [2.05, 4.69) is 10.3 Å². The Morgan fingerprint density at radius 1 is 1.38 bits per heavy atom. The lowest BCUT2D eigenvalue weighted by Gasteiger charge is -2.24. The van der Waals surface area contributed by atoms with Gasteiger partial charge in [0.2, 0.25) is 5.91 Å². The van der Waals surface area contributed by atoms with Crippen molar-refractivity contribution in [2.75, 3.05) is 11.9 Å². The third-order valence-corrected chi connectivity index (χ3v) is 3.22. The average Bonchev–Trinajstić information content (AvgIpc) is 2.88. The van der Waals surface area contributed by atoms with Gasteiger partial charge >= 0.3 is 12.1 Å². The molecule has 8 heteroatoms. The Labute approximate surface area is 119 Å². The highest BCUT2D eigenvalue weighted by molar-refractivity contribution is 5.97. The van der Waals surface area contributed by atoms with E-state index in [4.69, 9.17) is 0 Å². The van der Waals surface area contributed by atoms with Crippen molar-refractivity contribution in [2.45, 2.75) is 32.0 Å². The van der Waals surface area contributed by atoms with Crippen LogP contribution in [0.1, 0.15) is 18.4 Å². The molecule has 2 rings (SSSR count). The van der Waals surface area contributed by atoms with Gasteiger partial charge in [0, 0.05) is 12.7 Å². The molecule has 1 aromatic heterocycles. The van der Waals surface area contributed by atoms with Crippen molar-refractivity contribution in [2.24, 2.45) is 0 Å². The highest BCUT2D eigenvalue weighted by Crippen LogP contribution is 2.26. The van der Waals surface area contributed by atoms with Crippen LogP contribution >= 0.6 is 0 Å². The highest BCUT2D eigenvalue weighted by atomic mass is 19.4. The number of nitrogens with zero attached hydrogens (tertiary/aromatic N) is 2. The Morgan fingerprint density at radius 2 is 2.10 bits per heavy atom.